The number of hydrogen-bond donors (Lipinski definition) is 1. The Labute approximate surface area is 82.9 Å². The summed E-state index contributed by atoms with van der Waals surface area (Å²) in [5, 5.41) is 8.90. The molecule has 1 aliphatic heterocycles. The lowest BCUT2D eigenvalue weighted by molar-refractivity contribution is 0.0845. The molecule has 14 heavy (non-hydrogen) atoms. The van der Waals surface area contributed by atoms with Crippen LogP contribution in [0.3, 0.4) is 0 Å². The average molecular weight is 191 g/mol. The van der Waals surface area contributed by atoms with E-state index in [1.165, 1.54) is 0 Å². The number of aromatic amines is 1. The highest BCUT2D eigenvalue weighted by molar-refractivity contribution is 5.30. The maximum absolute atomic E-state index is 8.90. The zero-order valence-electron chi connectivity index (χ0n) is 8.21. The second kappa shape index (κ2) is 3.81. The van der Waals surface area contributed by atoms with E-state index in [9.17, 15) is 0 Å². The van der Waals surface area contributed by atoms with Crippen LogP contribution in [0, 0.1) is 18.3 Å². The Bertz CT molecular complexity index is 358. The summed E-state index contributed by atoms with van der Waals surface area (Å²) < 4.78 is 5.28. The lowest BCUT2D eigenvalue weighted by atomic mass is 9.95. The van der Waals surface area contributed by atoms with Crippen molar-refractivity contribution < 1.29 is 4.74 Å². The number of nitrogens with zero attached hydrogens (tertiary/aromatic N) is 2. The fourth-order valence-electron chi connectivity index (χ4n) is 1.88. The van der Waals surface area contributed by atoms with Crippen molar-refractivity contribution in [2.45, 2.75) is 25.7 Å². The van der Waals surface area contributed by atoms with Crippen LogP contribution in [0.1, 0.15) is 36.0 Å². The Morgan fingerprint density at radius 1 is 1.50 bits per heavy atom. The highest BCUT2D eigenvalue weighted by atomic mass is 16.5. The molecule has 2 heterocycles. The summed E-state index contributed by atoms with van der Waals surface area (Å²) in [6.07, 6.45) is 1.96. The molecule has 2 rings (SSSR count). The summed E-state index contributed by atoms with van der Waals surface area (Å²) in [6.45, 7) is 3.45. The van der Waals surface area contributed by atoms with Crippen molar-refractivity contribution in [1.29, 1.82) is 5.26 Å². The number of hydrogen-bond acceptors (Lipinski definition) is 3. The molecule has 0 atom stereocenters. The molecule has 0 unspecified atom stereocenters. The Hall–Kier alpha value is -1.34. The van der Waals surface area contributed by atoms with E-state index in [0.29, 0.717) is 11.6 Å². The third-order valence-corrected chi connectivity index (χ3v) is 2.59. The quantitative estimate of drug-likeness (QED) is 0.731. The molecule has 1 saturated heterocycles. The maximum atomic E-state index is 8.90. The standard InChI is InChI=1S/C10H13N3O/c1-7-12-9(6-11)10(13-7)8-2-4-14-5-3-8/h8H,2-5H2,1H3,(H,12,13). The van der Waals surface area contributed by atoms with Gasteiger partial charge in [-0.05, 0) is 19.8 Å². The molecular formula is C10H13N3O. The molecule has 1 aromatic heterocycles. The largest absolute Gasteiger partial charge is 0.381 e. The molecule has 0 amide bonds. The number of rotatable bonds is 1. The van der Waals surface area contributed by atoms with E-state index in [1.54, 1.807) is 0 Å². The number of nitriles is 1. The van der Waals surface area contributed by atoms with Gasteiger partial charge < -0.3 is 9.72 Å². The molecule has 4 nitrogen and oxygen atoms in total. The van der Waals surface area contributed by atoms with Crippen LogP contribution in [0.2, 0.25) is 0 Å². The van der Waals surface area contributed by atoms with Crippen LogP contribution in [0.5, 0.6) is 0 Å². The first-order chi connectivity index (χ1) is 6.81. The lowest BCUT2D eigenvalue weighted by Crippen LogP contribution is -2.15. The van der Waals surface area contributed by atoms with Crippen LogP contribution in [0.4, 0.5) is 0 Å². The number of nitrogens with one attached hydrogen (secondary N) is 1. The fourth-order valence-corrected chi connectivity index (χ4v) is 1.88. The summed E-state index contributed by atoms with van der Waals surface area (Å²) in [5.41, 5.74) is 1.54. The van der Waals surface area contributed by atoms with Gasteiger partial charge in [0.25, 0.3) is 0 Å². The van der Waals surface area contributed by atoms with Crippen molar-refractivity contribution in [2.75, 3.05) is 13.2 Å². The van der Waals surface area contributed by atoms with Gasteiger partial charge in [0, 0.05) is 19.1 Å². The van der Waals surface area contributed by atoms with E-state index in [-0.39, 0.29) is 0 Å². The third kappa shape index (κ3) is 1.64. The van der Waals surface area contributed by atoms with Gasteiger partial charge in [0.2, 0.25) is 0 Å². The maximum Gasteiger partial charge on any atom is 0.162 e. The van der Waals surface area contributed by atoms with Crippen LogP contribution in [0.15, 0.2) is 0 Å². The van der Waals surface area contributed by atoms with Crippen molar-refractivity contribution in [1.82, 2.24) is 9.97 Å². The van der Waals surface area contributed by atoms with Gasteiger partial charge in [0.05, 0.1) is 5.69 Å². The predicted octanol–water partition coefficient (Wildman–Crippen LogP) is 1.48. The van der Waals surface area contributed by atoms with Gasteiger partial charge in [-0.15, -0.1) is 0 Å². The Morgan fingerprint density at radius 2 is 2.21 bits per heavy atom. The molecule has 1 aromatic rings. The third-order valence-electron chi connectivity index (χ3n) is 2.59. The lowest BCUT2D eigenvalue weighted by Gasteiger charge is -2.20. The number of imidazole rings is 1. The van der Waals surface area contributed by atoms with Crippen LogP contribution in [-0.2, 0) is 4.74 Å². The SMILES string of the molecule is Cc1nc(C#N)c(C2CCOCC2)[nH]1. The van der Waals surface area contributed by atoms with E-state index >= 15 is 0 Å². The second-order valence-electron chi connectivity index (χ2n) is 3.58. The van der Waals surface area contributed by atoms with Crippen molar-refractivity contribution >= 4 is 0 Å². The molecule has 1 aliphatic rings. The summed E-state index contributed by atoms with van der Waals surface area (Å²) in [5.74, 6) is 1.24. The second-order valence-corrected chi connectivity index (χ2v) is 3.58. The minimum atomic E-state index is 0.416. The molecule has 4 heteroatoms. The smallest absolute Gasteiger partial charge is 0.162 e. The molecule has 1 fully saturated rings. The monoisotopic (exact) mass is 191 g/mol. The van der Waals surface area contributed by atoms with Gasteiger partial charge >= 0.3 is 0 Å². The van der Waals surface area contributed by atoms with Crippen LogP contribution in [0.25, 0.3) is 0 Å². The highest BCUT2D eigenvalue weighted by Crippen LogP contribution is 2.27. The van der Waals surface area contributed by atoms with Gasteiger partial charge in [0.15, 0.2) is 5.69 Å². The number of aromatic nitrogens is 2. The van der Waals surface area contributed by atoms with Gasteiger partial charge in [-0.1, -0.05) is 0 Å². The molecule has 1 N–H and O–H groups in total. The van der Waals surface area contributed by atoms with Gasteiger partial charge in [-0.25, -0.2) is 4.98 Å². The van der Waals surface area contributed by atoms with Crippen molar-refractivity contribution in [2.24, 2.45) is 0 Å². The Balaban J connectivity index is 2.25. The summed E-state index contributed by atoms with van der Waals surface area (Å²) >= 11 is 0. The number of aryl methyl sites for hydroxylation is 1. The minimum absolute atomic E-state index is 0.416. The van der Waals surface area contributed by atoms with Gasteiger partial charge in [-0.3, -0.25) is 0 Å². The van der Waals surface area contributed by atoms with Crippen LogP contribution in [-0.4, -0.2) is 23.2 Å². The zero-order chi connectivity index (χ0) is 9.97. The van der Waals surface area contributed by atoms with Gasteiger partial charge in [0.1, 0.15) is 11.9 Å². The molecule has 0 bridgehead atoms. The summed E-state index contributed by atoms with van der Waals surface area (Å²) in [4.78, 5) is 7.32. The first-order valence-electron chi connectivity index (χ1n) is 4.85. The van der Waals surface area contributed by atoms with E-state index in [4.69, 9.17) is 10.00 Å². The van der Waals surface area contributed by atoms with E-state index < -0.39 is 0 Å². The zero-order valence-corrected chi connectivity index (χ0v) is 8.21. The minimum Gasteiger partial charge on any atom is -0.381 e. The summed E-state index contributed by atoms with van der Waals surface area (Å²) in [7, 11) is 0. The predicted molar refractivity (Wildman–Crippen MR) is 50.8 cm³/mol. The first-order valence-corrected chi connectivity index (χ1v) is 4.85. The Kier molecular flexibility index (Phi) is 2.51. The summed E-state index contributed by atoms with van der Waals surface area (Å²) in [6, 6.07) is 2.13. The Morgan fingerprint density at radius 3 is 2.86 bits per heavy atom. The fraction of sp³-hybridized carbons (Fsp3) is 0.600. The molecule has 74 valence electrons. The molecular weight excluding hydrogens is 178 g/mol. The first kappa shape index (κ1) is 9.22. The van der Waals surface area contributed by atoms with Crippen LogP contribution >= 0.6 is 0 Å². The number of ether oxygens (including phenoxy) is 1. The van der Waals surface area contributed by atoms with Crippen molar-refractivity contribution in [3.63, 3.8) is 0 Å². The molecule has 0 spiro atoms. The van der Waals surface area contributed by atoms with E-state index in [1.807, 2.05) is 6.92 Å². The van der Waals surface area contributed by atoms with E-state index in [2.05, 4.69) is 16.0 Å². The molecule has 0 aromatic carbocycles. The van der Waals surface area contributed by atoms with Gasteiger partial charge in [-0.2, -0.15) is 5.26 Å². The topological polar surface area (TPSA) is 61.7 Å². The molecule has 0 saturated carbocycles. The molecule has 0 radical (unpaired) electrons. The van der Waals surface area contributed by atoms with Crippen LogP contribution < -0.4 is 0 Å². The van der Waals surface area contributed by atoms with Crippen molar-refractivity contribution in [3.8, 4) is 6.07 Å². The van der Waals surface area contributed by atoms with Crippen molar-refractivity contribution in [3.05, 3.63) is 17.2 Å². The van der Waals surface area contributed by atoms with E-state index in [0.717, 1.165) is 37.6 Å². The number of H-pyrrole nitrogens is 1. The normalized spacial score (nSPS) is 18.0. The highest BCUT2D eigenvalue weighted by Gasteiger charge is 2.21. The average Bonchev–Trinajstić information content (AvgIpc) is 2.61. The molecule has 0 aliphatic carbocycles.